The lowest BCUT2D eigenvalue weighted by Gasteiger charge is -2.35. The first kappa shape index (κ1) is 20.4. The highest BCUT2D eigenvalue weighted by atomic mass is 16.5. The van der Waals surface area contributed by atoms with Crippen molar-refractivity contribution in [3.8, 4) is 0 Å². The van der Waals surface area contributed by atoms with Crippen molar-refractivity contribution >= 4 is 23.3 Å². The molecule has 1 aromatic heterocycles. The first-order valence-electron chi connectivity index (χ1n) is 9.77. The molecule has 28 heavy (non-hydrogen) atoms. The molecule has 2 aliphatic heterocycles. The van der Waals surface area contributed by atoms with Crippen molar-refractivity contribution in [2.75, 3.05) is 51.8 Å². The van der Waals surface area contributed by atoms with E-state index in [1.807, 2.05) is 13.0 Å². The van der Waals surface area contributed by atoms with Crippen molar-refractivity contribution in [1.82, 2.24) is 25.7 Å². The van der Waals surface area contributed by atoms with E-state index >= 15 is 0 Å². The standard InChI is InChI=1S/C18H31N9O/c1-12-11-14(26-25-12)22-17-16(21-5-4-10-28-3)15(13(2)19)23-18(24-17)27-8-6-20-7-9-27/h11,15-16,19-21H,4-10H2,1-3H3,(H2,22,23,24,25,26). The number of piperazine rings is 1. The normalized spacial score (nSPS) is 22.6. The van der Waals surface area contributed by atoms with E-state index in [4.69, 9.17) is 20.1 Å². The molecule has 0 bridgehead atoms. The SMILES string of the molecule is COCCCNC1C(Nc2cc(C)[nH]n2)=NC(N2CCNCC2)=NC1C(C)=N. The maximum atomic E-state index is 8.31. The molecule has 2 atom stereocenters. The van der Waals surface area contributed by atoms with Crippen LogP contribution in [-0.2, 0) is 4.74 Å². The van der Waals surface area contributed by atoms with Gasteiger partial charge >= 0.3 is 0 Å². The average molecular weight is 390 g/mol. The highest BCUT2D eigenvalue weighted by molar-refractivity contribution is 6.11. The molecule has 3 heterocycles. The zero-order chi connectivity index (χ0) is 19.9. The third-order valence-corrected chi connectivity index (χ3v) is 4.78. The lowest BCUT2D eigenvalue weighted by molar-refractivity contribution is 0.194. The number of nitrogens with zero attached hydrogens (tertiary/aromatic N) is 4. The van der Waals surface area contributed by atoms with Crippen LogP contribution in [0.5, 0.6) is 0 Å². The fourth-order valence-electron chi connectivity index (χ4n) is 3.32. The van der Waals surface area contributed by atoms with Gasteiger partial charge in [0.25, 0.3) is 0 Å². The van der Waals surface area contributed by atoms with Crippen molar-refractivity contribution < 1.29 is 4.74 Å². The summed E-state index contributed by atoms with van der Waals surface area (Å²) in [4.78, 5) is 11.8. The van der Waals surface area contributed by atoms with E-state index in [1.165, 1.54) is 0 Å². The van der Waals surface area contributed by atoms with Crippen molar-refractivity contribution in [3.63, 3.8) is 0 Å². The van der Waals surface area contributed by atoms with Gasteiger partial charge in [0.1, 0.15) is 11.9 Å². The van der Waals surface area contributed by atoms with Crippen molar-refractivity contribution in [2.45, 2.75) is 32.4 Å². The molecule has 10 heteroatoms. The Balaban J connectivity index is 1.84. The van der Waals surface area contributed by atoms with Gasteiger partial charge in [-0.05, 0) is 26.8 Å². The summed E-state index contributed by atoms with van der Waals surface area (Å²) in [5.41, 5.74) is 1.48. The van der Waals surface area contributed by atoms with Crippen LogP contribution in [0.1, 0.15) is 19.0 Å². The number of methoxy groups -OCH3 is 1. The number of ether oxygens (including phenoxy) is 1. The highest BCUT2D eigenvalue weighted by Gasteiger charge is 2.33. The van der Waals surface area contributed by atoms with Gasteiger partial charge in [-0.2, -0.15) is 10.1 Å². The largest absolute Gasteiger partial charge is 0.385 e. The Labute approximate surface area is 165 Å². The monoisotopic (exact) mass is 389 g/mol. The maximum Gasteiger partial charge on any atom is 0.223 e. The van der Waals surface area contributed by atoms with Crippen LogP contribution in [0.4, 0.5) is 5.82 Å². The third kappa shape index (κ3) is 5.15. The number of anilines is 1. The summed E-state index contributed by atoms with van der Waals surface area (Å²) in [6.45, 7) is 8.71. The van der Waals surface area contributed by atoms with Gasteiger partial charge in [-0.25, -0.2) is 4.99 Å². The Morgan fingerprint density at radius 1 is 1.39 bits per heavy atom. The van der Waals surface area contributed by atoms with Gasteiger partial charge in [0.2, 0.25) is 5.96 Å². The first-order valence-corrected chi connectivity index (χ1v) is 9.77. The zero-order valence-corrected chi connectivity index (χ0v) is 16.9. The number of aromatic amines is 1. The van der Waals surface area contributed by atoms with E-state index in [9.17, 15) is 0 Å². The molecule has 10 nitrogen and oxygen atoms in total. The van der Waals surface area contributed by atoms with E-state index in [-0.39, 0.29) is 12.1 Å². The average Bonchev–Trinajstić information content (AvgIpc) is 3.11. The molecule has 1 saturated heterocycles. The predicted molar refractivity (Wildman–Crippen MR) is 112 cm³/mol. The Kier molecular flexibility index (Phi) is 7.12. The molecule has 0 spiro atoms. The molecule has 3 rings (SSSR count). The summed E-state index contributed by atoms with van der Waals surface area (Å²) in [5.74, 6) is 2.13. The Hall–Kier alpha value is -2.30. The maximum absolute atomic E-state index is 8.31. The molecular weight excluding hydrogens is 358 g/mol. The number of guanidine groups is 1. The Bertz CT molecular complexity index is 720. The Morgan fingerprint density at radius 2 is 2.18 bits per heavy atom. The van der Waals surface area contributed by atoms with Gasteiger partial charge in [0.05, 0.1) is 6.04 Å². The summed E-state index contributed by atoms with van der Waals surface area (Å²) in [5, 5.41) is 25.7. The molecule has 5 N–H and O–H groups in total. The molecule has 2 aliphatic rings. The van der Waals surface area contributed by atoms with Crippen LogP contribution in [0.15, 0.2) is 16.1 Å². The van der Waals surface area contributed by atoms with E-state index < -0.39 is 0 Å². The van der Waals surface area contributed by atoms with Crippen LogP contribution < -0.4 is 16.0 Å². The molecule has 0 aliphatic carbocycles. The second kappa shape index (κ2) is 9.76. The zero-order valence-electron chi connectivity index (χ0n) is 16.9. The lowest BCUT2D eigenvalue weighted by atomic mass is 10.0. The van der Waals surface area contributed by atoms with Crippen LogP contribution in [0.2, 0.25) is 0 Å². The van der Waals surface area contributed by atoms with Crippen molar-refractivity contribution in [3.05, 3.63) is 11.8 Å². The van der Waals surface area contributed by atoms with Gasteiger partial charge < -0.3 is 31.0 Å². The summed E-state index contributed by atoms with van der Waals surface area (Å²) < 4.78 is 5.14. The van der Waals surface area contributed by atoms with E-state index in [0.717, 1.165) is 50.7 Å². The predicted octanol–water partition coefficient (Wildman–Crippen LogP) is 0.206. The number of aryl methyl sites for hydroxylation is 1. The van der Waals surface area contributed by atoms with E-state index in [0.29, 0.717) is 24.1 Å². The van der Waals surface area contributed by atoms with Gasteiger partial charge in [-0.1, -0.05) is 0 Å². The number of H-pyrrole nitrogens is 1. The second-order valence-electron chi connectivity index (χ2n) is 7.13. The van der Waals surface area contributed by atoms with Crippen LogP contribution in [0, 0.1) is 12.3 Å². The minimum absolute atomic E-state index is 0.210. The minimum atomic E-state index is -0.313. The smallest absolute Gasteiger partial charge is 0.223 e. The molecule has 0 radical (unpaired) electrons. The molecule has 0 amide bonds. The van der Waals surface area contributed by atoms with E-state index in [2.05, 4.69) is 31.0 Å². The summed E-state index contributed by atoms with van der Waals surface area (Å²) in [7, 11) is 1.70. The van der Waals surface area contributed by atoms with Crippen molar-refractivity contribution in [2.24, 2.45) is 9.98 Å². The second-order valence-corrected chi connectivity index (χ2v) is 7.13. The topological polar surface area (TPSA) is 126 Å². The quantitative estimate of drug-likeness (QED) is 0.335. The van der Waals surface area contributed by atoms with E-state index in [1.54, 1.807) is 14.0 Å². The summed E-state index contributed by atoms with van der Waals surface area (Å²) in [6.07, 6.45) is 0.875. The Morgan fingerprint density at radius 3 is 2.82 bits per heavy atom. The van der Waals surface area contributed by atoms with Crippen LogP contribution in [0.25, 0.3) is 0 Å². The van der Waals surface area contributed by atoms with Crippen molar-refractivity contribution in [1.29, 1.82) is 5.41 Å². The highest BCUT2D eigenvalue weighted by Crippen LogP contribution is 2.16. The van der Waals surface area contributed by atoms with Crippen LogP contribution in [0.3, 0.4) is 0 Å². The van der Waals surface area contributed by atoms with Gasteiger partial charge in [0.15, 0.2) is 5.82 Å². The third-order valence-electron chi connectivity index (χ3n) is 4.78. The number of hydrogen-bond acceptors (Lipinski definition) is 9. The molecule has 2 unspecified atom stereocenters. The molecule has 154 valence electrons. The van der Waals surface area contributed by atoms with Crippen LogP contribution >= 0.6 is 0 Å². The summed E-state index contributed by atoms with van der Waals surface area (Å²) >= 11 is 0. The number of nitrogens with one attached hydrogen (secondary N) is 5. The minimum Gasteiger partial charge on any atom is -0.385 e. The lowest BCUT2D eigenvalue weighted by Crippen LogP contribution is -2.56. The summed E-state index contributed by atoms with van der Waals surface area (Å²) in [6, 6.07) is 1.41. The fraction of sp³-hybridized carbons (Fsp3) is 0.667. The molecule has 0 aromatic carbocycles. The van der Waals surface area contributed by atoms with Gasteiger partial charge in [0, 0.05) is 57.4 Å². The first-order chi connectivity index (χ1) is 13.6. The number of amidine groups is 1. The van der Waals surface area contributed by atoms with Crippen LogP contribution in [-0.4, -0.2) is 91.1 Å². The molecule has 0 saturated carbocycles. The fourth-order valence-corrected chi connectivity index (χ4v) is 3.32. The molecular formula is C18H31N9O. The van der Waals surface area contributed by atoms with Gasteiger partial charge in [-0.15, -0.1) is 0 Å². The molecule has 1 aromatic rings. The number of rotatable bonds is 7. The number of aliphatic imine (C=N–C) groups is 2. The molecule has 1 fully saturated rings. The van der Waals surface area contributed by atoms with Gasteiger partial charge in [-0.3, -0.25) is 5.10 Å². The number of hydrogen-bond donors (Lipinski definition) is 5. The number of aromatic nitrogens is 2.